The van der Waals surface area contributed by atoms with E-state index < -0.39 is 0 Å². The molecule has 0 N–H and O–H groups in total. The largest absolute Gasteiger partial charge is 0.338 e. The summed E-state index contributed by atoms with van der Waals surface area (Å²) in [6.45, 7) is 2.37. The highest BCUT2D eigenvalue weighted by Gasteiger charge is 2.36. The molecule has 1 saturated heterocycles. The molecule has 5 heteroatoms. The molecule has 1 aliphatic heterocycles. The summed E-state index contributed by atoms with van der Waals surface area (Å²) in [5.74, 6) is 0.0529. The fraction of sp³-hybridized carbons (Fsp3) is 0.526. The molecule has 1 heterocycles. The summed E-state index contributed by atoms with van der Waals surface area (Å²) in [7, 11) is 1.93. The summed E-state index contributed by atoms with van der Waals surface area (Å²) < 4.78 is 0. The first-order valence-electron chi connectivity index (χ1n) is 8.70. The van der Waals surface area contributed by atoms with Gasteiger partial charge in [0.2, 0.25) is 5.91 Å². The van der Waals surface area contributed by atoms with Gasteiger partial charge >= 0.3 is 0 Å². The number of nitrogens with zero attached hydrogens (tertiary/aromatic N) is 2. The second kappa shape index (κ2) is 7.90. The van der Waals surface area contributed by atoms with Crippen LogP contribution in [0.15, 0.2) is 24.3 Å². The Labute approximate surface area is 154 Å². The van der Waals surface area contributed by atoms with Gasteiger partial charge in [-0.1, -0.05) is 29.3 Å². The van der Waals surface area contributed by atoms with Crippen molar-refractivity contribution in [2.75, 3.05) is 20.1 Å². The predicted octanol–water partition coefficient (Wildman–Crippen LogP) is 4.48. The van der Waals surface area contributed by atoms with Crippen LogP contribution in [0.3, 0.4) is 0 Å². The van der Waals surface area contributed by atoms with Gasteiger partial charge in [-0.15, -0.1) is 0 Å². The lowest BCUT2D eigenvalue weighted by Crippen LogP contribution is -2.48. The minimum Gasteiger partial charge on any atom is -0.338 e. The molecule has 1 aromatic carbocycles. The highest BCUT2D eigenvalue weighted by molar-refractivity contribution is 6.42. The van der Waals surface area contributed by atoms with Crippen LogP contribution in [0.5, 0.6) is 0 Å². The van der Waals surface area contributed by atoms with Crippen LogP contribution < -0.4 is 0 Å². The van der Waals surface area contributed by atoms with Crippen molar-refractivity contribution in [3.8, 4) is 0 Å². The normalized spacial score (nSPS) is 24.8. The lowest BCUT2D eigenvalue weighted by atomic mass is 10.1. The van der Waals surface area contributed by atoms with Gasteiger partial charge in [-0.3, -0.25) is 9.69 Å². The van der Waals surface area contributed by atoms with E-state index in [1.165, 1.54) is 38.8 Å². The zero-order valence-electron chi connectivity index (χ0n) is 14.0. The molecule has 0 bridgehead atoms. The quantitative estimate of drug-likeness (QED) is 0.733. The molecule has 3 rings (SSSR count). The fourth-order valence-corrected chi connectivity index (χ4v) is 4.24. The first-order valence-corrected chi connectivity index (χ1v) is 9.46. The lowest BCUT2D eigenvalue weighted by Gasteiger charge is -2.34. The van der Waals surface area contributed by atoms with Crippen molar-refractivity contribution >= 4 is 35.2 Å². The molecule has 1 amide bonds. The van der Waals surface area contributed by atoms with E-state index in [9.17, 15) is 4.79 Å². The molecule has 0 spiro atoms. The van der Waals surface area contributed by atoms with E-state index in [4.69, 9.17) is 23.2 Å². The molecule has 2 atom stereocenters. The zero-order valence-corrected chi connectivity index (χ0v) is 15.6. The third-order valence-electron chi connectivity index (χ3n) is 5.26. The smallest absolute Gasteiger partial charge is 0.246 e. The molecule has 130 valence electrons. The number of amides is 1. The molecule has 0 radical (unpaired) electrons. The maximum Gasteiger partial charge on any atom is 0.246 e. The number of hydrogen-bond donors (Lipinski definition) is 0. The number of carbonyl (C=O) groups is 1. The first kappa shape index (κ1) is 17.8. The van der Waals surface area contributed by atoms with Crippen LogP contribution in [0.25, 0.3) is 6.08 Å². The summed E-state index contributed by atoms with van der Waals surface area (Å²) >= 11 is 11.9. The molecule has 1 aromatic rings. The minimum absolute atomic E-state index is 0.0529. The number of rotatable bonds is 4. The van der Waals surface area contributed by atoms with Crippen LogP contribution in [0, 0.1) is 0 Å². The van der Waals surface area contributed by atoms with Gasteiger partial charge in [0.15, 0.2) is 0 Å². The average molecular weight is 367 g/mol. The monoisotopic (exact) mass is 366 g/mol. The topological polar surface area (TPSA) is 23.6 Å². The van der Waals surface area contributed by atoms with Crippen molar-refractivity contribution in [3.63, 3.8) is 0 Å². The Hall–Kier alpha value is -1.03. The van der Waals surface area contributed by atoms with Crippen molar-refractivity contribution in [2.24, 2.45) is 0 Å². The van der Waals surface area contributed by atoms with Gasteiger partial charge in [0.05, 0.1) is 10.0 Å². The summed E-state index contributed by atoms with van der Waals surface area (Å²) in [5, 5.41) is 1.03. The Morgan fingerprint density at radius 2 is 1.92 bits per heavy atom. The third kappa shape index (κ3) is 3.96. The van der Waals surface area contributed by atoms with Gasteiger partial charge in [0.1, 0.15) is 0 Å². The van der Waals surface area contributed by atoms with Crippen LogP contribution in [0.1, 0.15) is 37.7 Å². The zero-order chi connectivity index (χ0) is 17.1. The Morgan fingerprint density at radius 3 is 2.62 bits per heavy atom. The van der Waals surface area contributed by atoms with Crippen LogP contribution in [0.2, 0.25) is 10.0 Å². The number of halogens is 2. The van der Waals surface area contributed by atoms with Crippen molar-refractivity contribution in [2.45, 2.75) is 44.2 Å². The summed E-state index contributed by atoms with van der Waals surface area (Å²) in [4.78, 5) is 17.1. The van der Waals surface area contributed by atoms with Gasteiger partial charge in [0, 0.05) is 25.2 Å². The third-order valence-corrected chi connectivity index (χ3v) is 6.00. The Bertz CT molecular complexity index is 626. The van der Waals surface area contributed by atoms with Crippen LogP contribution >= 0.6 is 23.2 Å². The van der Waals surface area contributed by atoms with E-state index in [0.717, 1.165) is 12.0 Å². The van der Waals surface area contributed by atoms with Gasteiger partial charge in [0.25, 0.3) is 0 Å². The maximum atomic E-state index is 12.6. The molecule has 1 aliphatic carbocycles. The number of likely N-dealkylation sites (tertiary alicyclic amines) is 1. The Kier molecular flexibility index (Phi) is 5.85. The van der Waals surface area contributed by atoms with E-state index in [1.54, 1.807) is 24.3 Å². The lowest BCUT2D eigenvalue weighted by molar-refractivity contribution is -0.127. The molecule has 2 aliphatic rings. The molecular weight excluding hydrogens is 343 g/mol. The van der Waals surface area contributed by atoms with E-state index >= 15 is 0 Å². The SMILES string of the molecule is CN(C(=O)C=Cc1ccc(Cl)c(Cl)c1)[C@@H]1CCC[C@H]1N1CCCC1. The highest BCUT2D eigenvalue weighted by atomic mass is 35.5. The Morgan fingerprint density at radius 1 is 1.17 bits per heavy atom. The number of carbonyl (C=O) groups excluding carboxylic acids is 1. The van der Waals surface area contributed by atoms with Gasteiger partial charge in [-0.05, 0) is 69.0 Å². The van der Waals surface area contributed by atoms with E-state index in [1.807, 2.05) is 18.0 Å². The summed E-state index contributed by atoms with van der Waals surface area (Å²) in [5.41, 5.74) is 0.883. The molecule has 2 fully saturated rings. The van der Waals surface area contributed by atoms with Gasteiger partial charge < -0.3 is 4.90 Å². The number of hydrogen-bond acceptors (Lipinski definition) is 2. The molecule has 24 heavy (non-hydrogen) atoms. The fourth-order valence-electron chi connectivity index (χ4n) is 3.94. The summed E-state index contributed by atoms with van der Waals surface area (Å²) in [6.07, 6.45) is 9.54. The van der Waals surface area contributed by atoms with E-state index in [-0.39, 0.29) is 5.91 Å². The molecule has 0 aromatic heterocycles. The Balaban J connectivity index is 1.65. The van der Waals surface area contributed by atoms with Gasteiger partial charge in [-0.25, -0.2) is 0 Å². The van der Waals surface area contributed by atoms with Crippen molar-refractivity contribution in [3.05, 3.63) is 39.9 Å². The highest BCUT2D eigenvalue weighted by Crippen LogP contribution is 2.30. The van der Waals surface area contributed by atoms with Crippen LogP contribution in [0.4, 0.5) is 0 Å². The minimum atomic E-state index is 0.0529. The van der Waals surface area contributed by atoms with Gasteiger partial charge in [-0.2, -0.15) is 0 Å². The van der Waals surface area contributed by atoms with Crippen molar-refractivity contribution < 1.29 is 4.79 Å². The van der Waals surface area contributed by atoms with Crippen LogP contribution in [-0.2, 0) is 4.79 Å². The van der Waals surface area contributed by atoms with Crippen molar-refractivity contribution in [1.82, 2.24) is 9.80 Å². The predicted molar refractivity (Wildman–Crippen MR) is 101 cm³/mol. The van der Waals surface area contributed by atoms with Crippen molar-refractivity contribution in [1.29, 1.82) is 0 Å². The first-order chi connectivity index (χ1) is 11.6. The number of likely N-dealkylation sites (N-methyl/N-ethyl adjacent to an activating group) is 1. The second-order valence-electron chi connectivity index (χ2n) is 6.76. The summed E-state index contributed by atoms with van der Waals surface area (Å²) in [6, 6.07) is 6.24. The maximum absolute atomic E-state index is 12.6. The molecule has 1 saturated carbocycles. The van der Waals surface area contributed by atoms with E-state index in [0.29, 0.717) is 22.1 Å². The second-order valence-corrected chi connectivity index (χ2v) is 7.58. The molecule has 0 unspecified atom stereocenters. The number of benzene rings is 1. The molecular formula is C19H24Cl2N2O. The average Bonchev–Trinajstić information content (AvgIpc) is 3.25. The standard InChI is InChI=1S/C19H24Cl2N2O/c1-22(17-5-4-6-18(17)23-11-2-3-12-23)19(24)10-8-14-7-9-15(20)16(21)13-14/h7-10,13,17-18H,2-6,11-12H2,1H3/t17-,18-/m1/s1. The van der Waals surface area contributed by atoms with Crippen LogP contribution in [-0.4, -0.2) is 47.9 Å². The van der Waals surface area contributed by atoms with E-state index in [2.05, 4.69) is 4.90 Å². The molecule has 3 nitrogen and oxygen atoms in total.